The van der Waals surface area contributed by atoms with Crippen molar-refractivity contribution in [1.82, 2.24) is 0 Å². The maximum absolute atomic E-state index is 12.0. The zero-order valence-corrected chi connectivity index (χ0v) is 10.6. The molecule has 0 amide bonds. The smallest absolute Gasteiger partial charge is 1.00 e. The molecule has 0 N–H and O–H groups in total. The maximum atomic E-state index is 12.0. The van der Waals surface area contributed by atoms with E-state index in [0.717, 1.165) is 28.5 Å². The summed E-state index contributed by atoms with van der Waals surface area (Å²) < 4.78 is 36.7. The first-order chi connectivity index (χ1) is 5.00. The molecule has 0 aliphatic heterocycles. The van der Waals surface area contributed by atoms with Gasteiger partial charge >= 0.3 is 71.6 Å². The summed E-state index contributed by atoms with van der Waals surface area (Å²) in [6, 6.07) is 5.38. The number of hydrogen-bond acceptors (Lipinski definition) is 0. The van der Waals surface area contributed by atoms with E-state index in [0.29, 0.717) is 0 Å². The monoisotopic (exact) mass is 288 g/mol. The molecular weight excluding hydrogens is 286 g/mol. The van der Waals surface area contributed by atoms with E-state index in [4.69, 9.17) is 0 Å². The van der Waals surface area contributed by atoms with Gasteiger partial charge in [0, 0.05) is 0 Å². The van der Waals surface area contributed by atoms with Crippen LogP contribution in [-0.4, -0.2) is 0 Å². The van der Waals surface area contributed by atoms with E-state index in [1.807, 2.05) is 0 Å². The third-order valence-corrected chi connectivity index (χ3v) is 2.18. The number of halogens is 4. The molecule has 0 aliphatic carbocycles. The summed E-state index contributed by atoms with van der Waals surface area (Å²) in [6.45, 7) is 0. The summed E-state index contributed by atoms with van der Waals surface area (Å²) in [5.41, 5.74) is -0.554. The molecule has 0 saturated heterocycles. The van der Waals surface area contributed by atoms with Crippen LogP contribution in [0.3, 0.4) is 0 Å². The van der Waals surface area contributed by atoms with Gasteiger partial charge in [0.25, 0.3) is 0 Å². The molecule has 0 radical (unpaired) electrons. The average molecular weight is 290 g/mol. The number of benzene rings is 1. The van der Waals surface area contributed by atoms with Gasteiger partial charge in [-0.1, -0.05) is 0 Å². The van der Waals surface area contributed by atoms with E-state index in [9.17, 15) is 13.2 Å². The van der Waals surface area contributed by atoms with Gasteiger partial charge in [0.2, 0.25) is 0 Å². The quantitative estimate of drug-likeness (QED) is 0.531. The third kappa shape index (κ3) is 3.24. The predicted molar refractivity (Wildman–Crippen MR) is 31.1 cm³/mol. The molecule has 0 spiro atoms. The van der Waals surface area contributed by atoms with Crippen LogP contribution >= 0.6 is 0 Å². The van der Waals surface area contributed by atoms with E-state index in [1.165, 1.54) is 12.1 Å². The molecule has 0 saturated carbocycles. The Morgan fingerprint density at radius 3 is 2.08 bits per heavy atom. The number of alkyl halides is 3. The molecule has 0 nitrogen and oxygen atoms in total. The Hall–Kier alpha value is 0.113. The van der Waals surface area contributed by atoms with Crippen molar-refractivity contribution in [2.75, 3.05) is 0 Å². The SMILES string of the molecule is FC(F)(F)c1ccc[c]([Zn+])c1.[Br-]. The molecule has 0 fully saturated rings. The zero-order chi connectivity index (χ0) is 8.48. The fourth-order valence-corrected chi connectivity index (χ4v) is 1.49. The fraction of sp³-hybridized carbons (Fsp3) is 0.143. The van der Waals surface area contributed by atoms with Gasteiger partial charge in [-0.2, -0.15) is 0 Å². The predicted octanol–water partition coefficient (Wildman–Crippen LogP) is -1.12. The number of hydrogen-bond donors (Lipinski definition) is 0. The molecule has 0 unspecified atom stereocenters. The summed E-state index contributed by atoms with van der Waals surface area (Å²) >= 11 is 0.754. The van der Waals surface area contributed by atoms with Gasteiger partial charge in [-0.05, 0) is 0 Å². The Morgan fingerprint density at radius 1 is 1.17 bits per heavy atom. The second-order valence-electron chi connectivity index (χ2n) is 2.20. The minimum absolute atomic E-state index is 0. The van der Waals surface area contributed by atoms with Crippen molar-refractivity contribution in [1.29, 1.82) is 0 Å². The van der Waals surface area contributed by atoms with Gasteiger partial charge in [0.15, 0.2) is 0 Å². The molecule has 0 aromatic heterocycles. The summed E-state index contributed by atoms with van der Waals surface area (Å²) in [7, 11) is 0. The topological polar surface area (TPSA) is 0 Å². The molecule has 62 valence electrons. The van der Waals surface area contributed by atoms with Gasteiger partial charge in [0.1, 0.15) is 0 Å². The molecule has 1 rings (SSSR count). The molecule has 1 aromatic carbocycles. The Bertz CT molecular complexity index is 259. The first-order valence-corrected chi connectivity index (χ1v) is 4.48. The van der Waals surface area contributed by atoms with E-state index < -0.39 is 11.7 Å². The standard InChI is InChI=1S/C7H4F3.BrH.Zn/c8-7(9,10)6-4-2-1-3-5-6;;/h1-2,4-5H;1H;/q;;+1/p-1. The first-order valence-electron chi connectivity index (χ1n) is 2.99. The van der Waals surface area contributed by atoms with Crippen LogP contribution in [0.25, 0.3) is 0 Å². The number of rotatable bonds is 0. The van der Waals surface area contributed by atoms with Crippen LogP contribution in [0.1, 0.15) is 5.56 Å². The summed E-state index contributed by atoms with van der Waals surface area (Å²) in [4.78, 5) is 0. The summed E-state index contributed by atoms with van der Waals surface area (Å²) in [5, 5.41) is 0. The van der Waals surface area contributed by atoms with Crippen LogP contribution in [0.15, 0.2) is 24.3 Å². The van der Waals surface area contributed by atoms with Crippen LogP contribution < -0.4 is 21.1 Å². The van der Waals surface area contributed by atoms with Gasteiger partial charge in [-0.25, -0.2) is 0 Å². The minimum atomic E-state index is -4.20. The average Bonchev–Trinajstić information content (AvgIpc) is 1.86. The molecule has 12 heavy (non-hydrogen) atoms. The van der Waals surface area contributed by atoms with Crippen LogP contribution in [0.4, 0.5) is 13.2 Å². The van der Waals surface area contributed by atoms with Crippen LogP contribution in [0.2, 0.25) is 0 Å². The van der Waals surface area contributed by atoms with Gasteiger partial charge in [-0.15, -0.1) is 0 Å². The maximum Gasteiger partial charge on any atom is -1.00 e. The summed E-state index contributed by atoms with van der Waals surface area (Å²) in [5.74, 6) is 0. The molecular formula is C7H4BrF3Zn. The normalized spacial score (nSPS) is 10.8. The molecule has 0 aliphatic rings. The van der Waals surface area contributed by atoms with Gasteiger partial charge < -0.3 is 17.0 Å². The van der Waals surface area contributed by atoms with Crippen molar-refractivity contribution in [2.24, 2.45) is 0 Å². The van der Waals surface area contributed by atoms with Crippen LogP contribution in [0.5, 0.6) is 0 Å². The van der Waals surface area contributed by atoms with Crippen molar-refractivity contribution in [3.63, 3.8) is 0 Å². The molecule has 0 bridgehead atoms. The van der Waals surface area contributed by atoms with Gasteiger partial charge in [0.05, 0.1) is 0 Å². The van der Waals surface area contributed by atoms with E-state index in [-0.39, 0.29) is 17.0 Å². The Morgan fingerprint density at radius 2 is 1.75 bits per heavy atom. The molecule has 1 aromatic rings. The second kappa shape index (κ2) is 4.38. The molecule has 0 atom stereocenters. The van der Waals surface area contributed by atoms with Crippen LogP contribution in [0, 0.1) is 0 Å². The fourth-order valence-electron chi connectivity index (χ4n) is 0.748. The van der Waals surface area contributed by atoms with Crippen molar-refractivity contribution < 1.29 is 48.5 Å². The van der Waals surface area contributed by atoms with E-state index in [2.05, 4.69) is 0 Å². The third-order valence-electron chi connectivity index (χ3n) is 1.25. The van der Waals surface area contributed by atoms with E-state index >= 15 is 0 Å². The summed E-state index contributed by atoms with van der Waals surface area (Å²) in [6.07, 6.45) is -4.20. The van der Waals surface area contributed by atoms with Crippen molar-refractivity contribution in [3.8, 4) is 0 Å². The first kappa shape index (κ1) is 12.1. The van der Waals surface area contributed by atoms with Crippen LogP contribution in [-0.2, 0) is 24.5 Å². The van der Waals surface area contributed by atoms with Crippen molar-refractivity contribution >= 4 is 4.16 Å². The Labute approximate surface area is 88.6 Å². The van der Waals surface area contributed by atoms with Crippen molar-refractivity contribution in [2.45, 2.75) is 6.18 Å². The largest absolute Gasteiger partial charge is 1.00 e. The second-order valence-corrected chi connectivity index (χ2v) is 3.91. The van der Waals surface area contributed by atoms with Gasteiger partial charge in [-0.3, -0.25) is 0 Å². The van der Waals surface area contributed by atoms with Crippen molar-refractivity contribution in [3.05, 3.63) is 29.8 Å². The van der Waals surface area contributed by atoms with E-state index in [1.54, 1.807) is 6.07 Å². The Balaban J connectivity index is 0.00000121. The Kier molecular flexibility index (Phi) is 4.42. The zero-order valence-electron chi connectivity index (χ0n) is 6.03. The minimum Gasteiger partial charge on any atom is -1.00 e. The molecule has 0 heterocycles. The molecule has 5 heteroatoms.